The summed E-state index contributed by atoms with van der Waals surface area (Å²) in [6.07, 6.45) is 0. The van der Waals surface area contributed by atoms with Crippen molar-refractivity contribution in [3.63, 3.8) is 0 Å². The molecule has 0 heterocycles. The zero-order chi connectivity index (χ0) is 15.3. The van der Waals surface area contributed by atoms with E-state index in [4.69, 9.17) is 0 Å². The summed E-state index contributed by atoms with van der Waals surface area (Å²) in [6.45, 7) is 12.1. The number of hydrogen-bond acceptors (Lipinski definition) is 2. The molecule has 0 spiro atoms. The smallest absolute Gasteiger partial charge is 0.163 e. The van der Waals surface area contributed by atoms with Gasteiger partial charge in [-0.05, 0) is 40.7 Å². The van der Waals surface area contributed by atoms with Crippen LogP contribution >= 0.6 is 0 Å². The Morgan fingerprint density at radius 1 is 1.05 bits per heavy atom. The summed E-state index contributed by atoms with van der Waals surface area (Å²) in [7, 11) is 0. The zero-order valence-electron chi connectivity index (χ0n) is 13.1. The highest BCUT2D eigenvalue weighted by Crippen LogP contribution is 2.18. The minimum Gasteiger partial charge on any atom is -0.309 e. The van der Waals surface area contributed by atoms with Crippen LogP contribution < -0.4 is 5.32 Å². The van der Waals surface area contributed by atoms with Crippen molar-refractivity contribution in [1.82, 2.24) is 10.2 Å². The van der Waals surface area contributed by atoms with E-state index in [2.05, 4.69) is 37.9 Å². The maximum Gasteiger partial charge on any atom is 0.163 e. The normalized spacial score (nSPS) is 13.5. The standard InChI is InChI=1S/C16H26F2N2/c1-11(2)20(12(3)4)10-9-19-13(5)14-7-6-8-15(17)16(14)18/h6-8,11-13,19H,9-10H2,1-5H3. The Morgan fingerprint density at radius 3 is 2.20 bits per heavy atom. The third kappa shape index (κ3) is 4.53. The molecule has 1 N–H and O–H groups in total. The first-order valence-corrected chi connectivity index (χ1v) is 7.27. The Labute approximate surface area is 121 Å². The van der Waals surface area contributed by atoms with Crippen LogP contribution in [0.1, 0.15) is 46.2 Å². The highest BCUT2D eigenvalue weighted by atomic mass is 19.2. The van der Waals surface area contributed by atoms with Crippen molar-refractivity contribution < 1.29 is 8.78 Å². The van der Waals surface area contributed by atoms with E-state index >= 15 is 0 Å². The predicted octanol–water partition coefficient (Wildman–Crippen LogP) is 3.73. The molecule has 0 saturated heterocycles. The van der Waals surface area contributed by atoms with Crippen molar-refractivity contribution in [2.24, 2.45) is 0 Å². The summed E-state index contributed by atoms with van der Waals surface area (Å²) >= 11 is 0. The summed E-state index contributed by atoms with van der Waals surface area (Å²) in [5, 5.41) is 3.26. The second-order valence-electron chi connectivity index (χ2n) is 5.74. The molecule has 1 aromatic carbocycles. The van der Waals surface area contributed by atoms with Gasteiger partial charge in [0, 0.05) is 36.8 Å². The summed E-state index contributed by atoms with van der Waals surface area (Å²) in [4.78, 5) is 2.36. The maximum atomic E-state index is 13.7. The molecule has 0 aliphatic heterocycles. The number of halogens is 2. The van der Waals surface area contributed by atoms with Gasteiger partial charge in [0.05, 0.1) is 0 Å². The Morgan fingerprint density at radius 2 is 1.65 bits per heavy atom. The van der Waals surface area contributed by atoms with E-state index in [1.165, 1.54) is 0 Å². The number of nitrogens with zero attached hydrogens (tertiary/aromatic N) is 1. The number of hydrogen-bond donors (Lipinski definition) is 1. The highest BCUT2D eigenvalue weighted by molar-refractivity contribution is 5.21. The molecule has 0 aliphatic carbocycles. The van der Waals surface area contributed by atoms with E-state index in [9.17, 15) is 8.78 Å². The van der Waals surface area contributed by atoms with Crippen molar-refractivity contribution >= 4 is 0 Å². The van der Waals surface area contributed by atoms with E-state index in [0.29, 0.717) is 17.6 Å². The van der Waals surface area contributed by atoms with Gasteiger partial charge in [-0.3, -0.25) is 4.90 Å². The summed E-state index contributed by atoms with van der Waals surface area (Å²) in [5.74, 6) is -1.54. The minimum absolute atomic E-state index is 0.202. The molecule has 0 aliphatic rings. The van der Waals surface area contributed by atoms with Crippen LogP contribution in [0.4, 0.5) is 8.78 Å². The van der Waals surface area contributed by atoms with Crippen LogP contribution in [-0.4, -0.2) is 30.1 Å². The van der Waals surface area contributed by atoms with Crippen molar-refractivity contribution in [2.75, 3.05) is 13.1 Å². The highest BCUT2D eigenvalue weighted by Gasteiger charge is 2.16. The van der Waals surface area contributed by atoms with Crippen LogP contribution in [-0.2, 0) is 0 Å². The first-order valence-electron chi connectivity index (χ1n) is 7.27. The van der Waals surface area contributed by atoms with E-state index in [1.54, 1.807) is 12.1 Å². The molecule has 20 heavy (non-hydrogen) atoms. The van der Waals surface area contributed by atoms with E-state index in [-0.39, 0.29) is 6.04 Å². The lowest BCUT2D eigenvalue weighted by atomic mass is 10.1. The van der Waals surface area contributed by atoms with Gasteiger partial charge in [-0.1, -0.05) is 12.1 Å². The first kappa shape index (κ1) is 17.1. The van der Waals surface area contributed by atoms with Gasteiger partial charge in [0.1, 0.15) is 0 Å². The van der Waals surface area contributed by atoms with Crippen molar-refractivity contribution in [3.8, 4) is 0 Å². The van der Waals surface area contributed by atoms with Crippen molar-refractivity contribution in [2.45, 2.75) is 52.7 Å². The van der Waals surface area contributed by atoms with Crippen LogP contribution in [0.2, 0.25) is 0 Å². The summed E-state index contributed by atoms with van der Waals surface area (Å²) < 4.78 is 26.9. The van der Waals surface area contributed by atoms with Crippen LogP contribution in [0.25, 0.3) is 0 Å². The number of benzene rings is 1. The van der Waals surface area contributed by atoms with Gasteiger partial charge >= 0.3 is 0 Å². The Hall–Kier alpha value is -1.00. The van der Waals surface area contributed by atoms with Gasteiger partial charge < -0.3 is 5.32 Å². The van der Waals surface area contributed by atoms with Gasteiger partial charge in [0.2, 0.25) is 0 Å². The lowest BCUT2D eigenvalue weighted by molar-refractivity contribution is 0.174. The van der Waals surface area contributed by atoms with Crippen molar-refractivity contribution in [3.05, 3.63) is 35.4 Å². The van der Waals surface area contributed by atoms with Crippen molar-refractivity contribution in [1.29, 1.82) is 0 Å². The molecule has 1 aromatic rings. The molecule has 4 heteroatoms. The lowest BCUT2D eigenvalue weighted by Gasteiger charge is -2.31. The number of nitrogens with one attached hydrogen (secondary N) is 1. The summed E-state index contributed by atoms with van der Waals surface area (Å²) in [6, 6.07) is 5.05. The number of rotatable bonds is 7. The van der Waals surface area contributed by atoms with Gasteiger partial charge in [0.15, 0.2) is 11.6 Å². The topological polar surface area (TPSA) is 15.3 Å². The molecular formula is C16H26F2N2. The van der Waals surface area contributed by atoms with Crippen LogP contribution in [0, 0.1) is 11.6 Å². The molecule has 0 bridgehead atoms. The maximum absolute atomic E-state index is 13.7. The fraction of sp³-hybridized carbons (Fsp3) is 0.625. The third-order valence-corrected chi connectivity index (χ3v) is 3.60. The molecular weight excluding hydrogens is 258 g/mol. The van der Waals surface area contributed by atoms with E-state index in [0.717, 1.165) is 19.2 Å². The Balaban J connectivity index is 2.55. The van der Waals surface area contributed by atoms with Gasteiger partial charge in [-0.2, -0.15) is 0 Å². The predicted molar refractivity (Wildman–Crippen MR) is 79.8 cm³/mol. The Kier molecular flexibility index (Phi) is 6.56. The molecule has 0 radical (unpaired) electrons. The van der Waals surface area contributed by atoms with Crippen LogP contribution in [0.5, 0.6) is 0 Å². The second kappa shape index (κ2) is 7.70. The first-order chi connectivity index (χ1) is 9.34. The second-order valence-corrected chi connectivity index (χ2v) is 5.74. The lowest BCUT2D eigenvalue weighted by Crippen LogP contribution is -2.41. The van der Waals surface area contributed by atoms with Crippen LogP contribution in [0.15, 0.2) is 18.2 Å². The molecule has 1 rings (SSSR count). The molecule has 2 nitrogen and oxygen atoms in total. The minimum atomic E-state index is -0.790. The van der Waals surface area contributed by atoms with Gasteiger partial charge in [-0.15, -0.1) is 0 Å². The molecule has 0 fully saturated rings. The van der Waals surface area contributed by atoms with Gasteiger partial charge in [0.25, 0.3) is 0 Å². The average molecular weight is 284 g/mol. The summed E-state index contributed by atoms with van der Waals surface area (Å²) in [5.41, 5.74) is 0.380. The molecule has 1 atom stereocenters. The quantitative estimate of drug-likeness (QED) is 0.820. The molecule has 0 amide bonds. The fourth-order valence-corrected chi connectivity index (χ4v) is 2.49. The fourth-order valence-electron chi connectivity index (χ4n) is 2.49. The third-order valence-electron chi connectivity index (χ3n) is 3.60. The zero-order valence-corrected chi connectivity index (χ0v) is 13.1. The van der Waals surface area contributed by atoms with E-state index < -0.39 is 11.6 Å². The largest absolute Gasteiger partial charge is 0.309 e. The molecule has 1 unspecified atom stereocenters. The molecule has 114 valence electrons. The Bertz CT molecular complexity index is 411. The van der Waals surface area contributed by atoms with Crippen LogP contribution in [0.3, 0.4) is 0 Å². The molecule has 0 aromatic heterocycles. The monoisotopic (exact) mass is 284 g/mol. The van der Waals surface area contributed by atoms with Gasteiger partial charge in [-0.25, -0.2) is 8.78 Å². The molecule has 0 saturated carbocycles. The average Bonchev–Trinajstić information content (AvgIpc) is 2.36. The van der Waals surface area contributed by atoms with E-state index in [1.807, 2.05) is 6.92 Å². The SMILES string of the molecule is CC(NCCN(C(C)C)C(C)C)c1cccc(F)c1F.